The first kappa shape index (κ1) is 22.5. The van der Waals surface area contributed by atoms with Crippen molar-refractivity contribution in [3.63, 3.8) is 0 Å². The summed E-state index contributed by atoms with van der Waals surface area (Å²) < 4.78 is 0. The summed E-state index contributed by atoms with van der Waals surface area (Å²) in [6.07, 6.45) is 0. The van der Waals surface area contributed by atoms with Crippen LogP contribution in [0.25, 0.3) is 0 Å². The molecule has 0 amide bonds. The Morgan fingerprint density at radius 3 is 1.72 bits per heavy atom. The van der Waals surface area contributed by atoms with Crippen LogP contribution in [0, 0.1) is 5.41 Å². The Bertz CT molecular complexity index is 630. The second-order valence-electron chi connectivity index (χ2n) is 9.80. The minimum absolute atomic E-state index is 0.0551. The van der Waals surface area contributed by atoms with Gasteiger partial charge in [-0.15, -0.1) is 0 Å². The molecule has 0 aromatic heterocycles. The predicted molar refractivity (Wildman–Crippen MR) is 104 cm³/mol. The molecule has 0 fully saturated rings. The molecule has 1 atom stereocenters. The van der Waals surface area contributed by atoms with E-state index in [2.05, 4.69) is 20.8 Å². The molecule has 0 radical (unpaired) electrons. The van der Waals surface area contributed by atoms with Gasteiger partial charge in [0.05, 0.1) is 0 Å². The molecule has 146 valence electrons. The number of rotatable bonds is 4. The van der Waals surface area contributed by atoms with Gasteiger partial charge in [0.25, 0.3) is 0 Å². The second-order valence-corrected chi connectivity index (χ2v) is 12.9. The molecule has 0 aliphatic heterocycles. The van der Waals surface area contributed by atoms with Crippen molar-refractivity contribution in [1.29, 1.82) is 0 Å². The number of aliphatic hydroxyl groups excluding tert-OH is 2. The summed E-state index contributed by atoms with van der Waals surface area (Å²) in [6, 6.07) is 5.10. The van der Waals surface area contributed by atoms with Crippen molar-refractivity contribution in [3.05, 3.63) is 29.3 Å². The molecule has 0 spiro atoms. The summed E-state index contributed by atoms with van der Waals surface area (Å²) in [5.41, 5.74) is -0.370. The topological polar surface area (TPSA) is 101 Å². The van der Waals surface area contributed by atoms with E-state index < -0.39 is 30.6 Å². The summed E-state index contributed by atoms with van der Waals surface area (Å²) in [7, 11) is -5.67. The van der Waals surface area contributed by atoms with Gasteiger partial charge < -0.3 is 0 Å². The Labute approximate surface area is 151 Å². The molecule has 1 aromatic rings. The van der Waals surface area contributed by atoms with Crippen molar-refractivity contribution >= 4 is 12.6 Å². The third-order valence-corrected chi connectivity index (χ3v) is 7.60. The monoisotopic (exact) mass is 374 g/mol. The number of benzene rings is 1. The van der Waals surface area contributed by atoms with Gasteiger partial charge in [-0.3, -0.25) is 0 Å². The van der Waals surface area contributed by atoms with Gasteiger partial charge in [-0.2, -0.15) is 0 Å². The van der Waals surface area contributed by atoms with Gasteiger partial charge in [-0.25, -0.2) is 0 Å². The molecule has 0 aliphatic carbocycles. The zero-order valence-electron chi connectivity index (χ0n) is 16.7. The fraction of sp³-hybridized carbons (Fsp3) is 0.684. The Hall–Kier alpha value is -0.550. The Morgan fingerprint density at radius 1 is 0.880 bits per heavy atom. The van der Waals surface area contributed by atoms with Crippen LogP contribution in [0.2, 0.25) is 0 Å². The third kappa shape index (κ3) is 4.41. The van der Waals surface area contributed by atoms with Crippen LogP contribution in [0.15, 0.2) is 18.2 Å². The van der Waals surface area contributed by atoms with Crippen LogP contribution in [0.3, 0.4) is 0 Å². The van der Waals surface area contributed by atoms with Crippen molar-refractivity contribution < 1.29 is 24.9 Å². The first-order valence-corrected chi connectivity index (χ1v) is 10.7. The molecule has 25 heavy (non-hydrogen) atoms. The number of aliphatic hydroxyl groups is 2. The van der Waals surface area contributed by atoms with Crippen molar-refractivity contribution in [2.24, 2.45) is 5.41 Å². The predicted octanol–water partition coefficient (Wildman–Crippen LogP) is 2.52. The molecule has 0 heterocycles. The maximum absolute atomic E-state index is 10.9. The van der Waals surface area contributed by atoms with E-state index in [1.165, 1.54) is 19.9 Å². The molecular weight excluding hydrogens is 339 g/mol. The van der Waals surface area contributed by atoms with Crippen LogP contribution in [0.5, 0.6) is 0 Å². The van der Waals surface area contributed by atoms with E-state index >= 15 is 0 Å². The average molecular weight is 374 g/mol. The molecule has 0 saturated carbocycles. The summed E-state index contributed by atoms with van der Waals surface area (Å²) >= 11 is 0. The molecule has 0 bridgehead atoms. The zero-order chi connectivity index (χ0) is 20.1. The fourth-order valence-electron chi connectivity index (χ4n) is 2.83. The van der Waals surface area contributed by atoms with Gasteiger partial charge in [-0.1, -0.05) is 0 Å². The molecule has 6 heteroatoms. The summed E-state index contributed by atoms with van der Waals surface area (Å²) in [5.74, 6) is -1.90. The van der Waals surface area contributed by atoms with Crippen LogP contribution in [-0.2, 0) is 10.8 Å². The minimum atomic E-state index is -5.67. The van der Waals surface area contributed by atoms with Crippen molar-refractivity contribution in [2.75, 3.05) is 6.61 Å². The first-order chi connectivity index (χ1) is 10.8. The van der Waals surface area contributed by atoms with Gasteiger partial charge in [0.15, 0.2) is 0 Å². The average Bonchev–Trinajstić information content (AvgIpc) is 2.43. The summed E-state index contributed by atoms with van der Waals surface area (Å²) in [4.78, 5) is 32.7. The van der Waals surface area contributed by atoms with E-state index in [0.29, 0.717) is 5.56 Å². The van der Waals surface area contributed by atoms with E-state index in [1.54, 1.807) is 6.07 Å². The Morgan fingerprint density at radius 2 is 1.36 bits per heavy atom. The van der Waals surface area contributed by atoms with Crippen LogP contribution in [-0.4, -0.2) is 37.3 Å². The van der Waals surface area contributed by atoms with Crippen LogP contribution >= 0.6 is 7.28 Å². The van der Waals surface area contributed by atoms with E-state index in [4.69, 9.17) is 0 Å². The first-order valence-electron chi connectivity index (χ1n) is 8.54. The third-order valence-electron chi connectivity index (χ3n) is 4.69. The molecule has 5 nitrogen and oxygen atoms in total. The van der Waals surface area contributed by atoms with Crippen LogP contribution < -0.4 is 5.30 Å². The molecule has 0 aliphatic rings. The van der Waals surface area contributed by atoms with Gasteiger partial charge in [0.2, 0.25) is 0 Å². The molecule has 1 unspecified atom stereocenters. The second kappa shape index (κ2) is 6.26. The Balaban J connectivity index is 3.76. The van der Waals surface area contributed by atoms with Gasteiger partial charge in [0, 0.05) is 0 Å². The fourth-order valence-corrected chi connectivity index (χ4v) is 5.69. The molecule has 0 saturated heterocycles. The number of hydrogen-bond donors (Lipinski definition) is 5. The van der Waals surface area contributed by atoms with E-state index in [-0.39, 0.29) is 10.7 Å². The van der Waals surface area contributed by atoms with Crippen molar-refractivity contribution in [1.82, 2.24) is 0 Å². The SMILES string of the molecule is CC(C)(C)c1ccc(P(O)(O)(O)C(O)C(C)(C)CO)c(C(C)(C)C)c1. The maximum atomic E-state index is 10.9. The quantitative estimate of drug-likeness (QED) is 0.522. The van der Waals surface area contributed by atoms with Crippen LogP contribution in [0.1, 0.15) is 66.5 Å². The van der Waals surface area contributed by atoms with Crippen molar-refractivity contribution in [2.45, 2.75) is 72.1 Å². The van der Waals surface area contributed by atoms with Gasteiger partial charge in [0.1, 0.15) is 0 Å². The summed E-state index contributed by atoms with van der Waals surface area (Å²) in [6.45, 7) is 14.3. The van der Waals surface area contributed by atoms with E-state index in [9.17, 15) is 24.9 Å². The molecule has 5 N–H and O–H groups in total. The van der Waals surface area contributed by atoms with Gasteiger partial charge >= 0.3 is 151 Å². The molecule has 1 aromatic carbocycles. The number of hydrogen-bond acceptors (Lipinski definition) is 5. The van der Waals surface area contributed by atoms with E-state index in [1.807, 2.05) is 26.8 Å². The Kier molecular flexibility index (Phi) is 5.63. The van der Waals surface area contributed by atoms with Crippen LogP contribution in [0.4, 0.5) is 0 Å². The van der Waals surface area contributed by atoms with Crippen molar-refractivity contribution in [3.8, 4) is 0 Å². The normalized spacial score (nSPS) is 17.1. The zero-order valence-corrected chi connectivity index (χ0v) is 17.6. The standard InChI is InChI=1S/C19H35O5P/c1-17(2,3)13-9-10-15(14(11-13)18(4,5)6)25(22,23,24)16(21)19(7,8)12-20/h9-11,16,20-24H,12H2,1-8H3. The molecular formula is C19H35O5P. The van der Waals surface area contributed by atoms with E-state index in [0.717, 1.165) is 5.56 Å². The van der Waals surface area contributed by atoms with Gasteiger partial charge in [-0.05, 0) is 0 Å². The summed E-state index contributed by atoms with van der Waals surface area (Å²) in [5, 5.41) is 20.0. The molecule has 1 rings (SSSR count).